The van der Waals surface area contributed by atoms with Crippen LogP contribution in [0.2, 0.25) is 0 Å². The van der Waals surface area contributed by atoms with Gasteiger partial charge in [0.1, 0.15) is 0 Å². The first-order valence-corrected chi connectivity index (χ1v) is 6.51. The van der Waals surface area contributed by atoms with E-state index >= 15 is 0 Å². The zero-order valence-electron chi connectivity index (χ0n) is 6.25. The predicted octanol–water partition coefficient (Wildman–Crippen LogP) is 1.68. The van der Waals surface area contributed by atoms with Crippen LogP contribution in [0.5, 0.6) is 0 Å². The van der Waals surface area contributed by atoms with Crippen molar-refractivity contribution >= 4 is 30.5 Å². The average molecular weight is 239 g/mol. The third-order valence-electron chi connectivity index (χ3n) is 1.20. The highest BCUT2D eigenvalue weighted by Crippen LogP contribution is 2.11. The third kappa shape index (κ3) is 2.98. The Morgan fingerprint density at radius 1 is 1.23 bits per heavy atom. The van der Waals surface area contributed by atoms with Gasteiger partial charge in [0, 0.05) is 0 Å². The van der Waals surface area contributed by atoms with Gasteiger partial charge >= 0.3 is 0 Å². The summed E-state index contributed by atoms with van der Waals surface area (Å²) in [4.78, 5) is -0.0241. The first-order chi connectivity index (χ1) is 6.02. The molecule has 13 heavy (non-hydrogen) atoms. The maximum Gasteiger partial charge on any atom is 0.261 e. The van der Waals surface area contributed by atoms with E-state index in [1.807, 2.05) is 0 Å². The molecule has 1 rings (SSSR count). The minimum atomic E-state index is -3.87. The molecule has 4 nitrogen and oxygen atoms in total. The maximum atomic E-state index is 11.2. The molecule has 0 aliphatic heterocycles. The summed E-state index contributed by atoms with van der Waals surface area (Å²) in [6.45, 7) is 0. The number of benzene rings is 1. The lowest BCUT2D eigenvalue weighted by Gasteiger charge is -1.99. The van der Waals surface area contributed by atoms with E-state index in [-0.39, 0.29) is 4.90 Å². The molecule has 0 saturated heterocycles. The van der Waals surface area contributed by atoms with Crippen molar-refractivity contribution in [2.45, 2.75) is 4.90 Å². The highest BCUT2D eigenvalue weighted by atomic mass is 35.7. The fraction of sp³-hybridized carbons (Fsp3) is 0. The van der Waals surface area contributed by atoms with Crippen LogP contribution in [0.25, 0.3) is 0 Å². The van der Waals surface area contributed by atoms with Crippen molar-refractivity contribution in [3.8, 4) is 0 Å². The Kier molecular flexibility index (Phi) is 3.29. The van der Waals surface area contributed by atoms with E-state index in [1.54, 1.807) is 18.2 Å². The van der Waals surface area contributed by atoms with Crippen molar-refractivity contribution in [1.29, 1.82) is 0 Å². The lowest BCUT2D eigenvalue weighted by atomic mass is 10.4. The zero-order chi connectivity index (χ0) is 9.90. The second-order valence-corrected chi connectivity index (χ2v) is 5.29. The van der Waals surface area contributed by atoms with Crippen LogP contribution in [0.3, 0.4) is 0 Å². The molecule has 7 heteroatoms. The molecular formula is C6H5ClNO3S2-. The summed E-state index contributed by atoms with van der Waals surface area (Å²) in [6, 6.07) is 7.45. The van der Waals surface area contributed by atoms with Crippen LogP contribution in [-0.2, 0) is 24.0 Å². The summed E-state index contributed by atoms with van der Waals surface area (Å²) in [6.07, 6.45) is 0. The van der Waals surface area contributed by atoms with Gasteiger partial charge in [-0.15, -0.1) is 0 Å². The van der Waals surface area contributed by atoms with Gasteiger partial charge in [-0.3, -0.25) is 3.77 Å². The second-order valence-electron chi connectivity index (χ2n) is 2.07. The van der Waals surface area contributed by atoms with Crippen LogP contribution >= 0.6 is 10.7 Å². The van der Waals surface area contributed by atoms with Crippen LogP contribution in [-0.4, -0.2) is 8.42 Å². The molecule has 0 aromatic heterocycles. The van der Waals surface area contributed by atoms with E-state index in [0.717, 1.165) is 0 Å². The van der Waals surface area contributed by atoms with Gasteiger partial charge in [0.15, 0.2) is 0 Å². The fourth-order valence-corrected chi connectivity index (χ4v) is 2.84. The third-order valence-corrected chi connectivity index (χ3v) is 3.83. The van der Waals surface area contributed by atoms with Gasteiger partial charge in [0.2, 0.25) is 0 Å². The Labute approximate surface area is 82.3 Å². The second kappa shape index (κ2) is 4.08. The lowest BCUT2D eigenvalue weighted by Crippen LogP contribution is -1.95. The number of hydrogen-bond acceptors (Lipinski definition) is 4. The van der Waals surface area contributed by atoms with Crippen molar-refractivity contribution in [2.75, 3.05) is 0 Å². The smallest absolute Gasteiger partial charge is 0.261 e. The van der Waals surface area contributed by atoms with Crippen molar-refractivity contribution in [2.24, 2.45) is 3.77 Å². The number of hydrogen-bond donors (Lipinski definition) is 0. The van der Waals surface area contributed by atoms with Crippen LogP contribution in [0.1, 0.15) is 0 Å². The Hall–Kier alpha value is -0.590. The monoisotopic (exact) mass is 238 g/mol. The number of sulfonamides is 1. The molecule has 0 radical (unpaired) electrons. The lowest BCUT2D eigenvalue weighted by molar-refractivity contribution is 0.595. The molecule has 0 atom stereocenters. The molecule has 0 bridgehead atoms. The highest BCUT2D eigenvalue weighted by Gasteiger charge is 2.07. The first-order valence-electron chi connectivity index (χ1n) is 3.13. The summed E-state index contributed by atoms with van der Waals surface area (Å²) in [5, 5.41) is 0. The molecule has 0 amide bonds. The molecule has 1 aromatic carbocycles. The average Bonchev–Trinajstić information content (AvgIpc) is 2.04. The summed E-state index contributed by atoms with van der Waals surface area (Å²) >= 11 is 0. The minimum absolute atomic E-state index is 0.0241. The molecule has 0 saturated carbocycles. The summed E-state index contributed by atoms with van der Waals surface area (Å²) in [7, 11) is -1.15. The molecule has 0 fully saturated rings. The number of nitrogens with zero attached hydrogens (tertiary/aromatic N) is 1. The molecule has 0 N–H and O–H groups in total. The topological polar surface area (TPSA) is 63.6 Å². The molecule has 0 aliphatic rings. The summed E-state index contributed by atoms with van der Waals surface area (Å²) in [5.74, 6) is 0. The van der Waals surface area contributed by atoms with Gasteiger partial charge in [-0.2, -0.15) is 0 Å². The van der Waals surface area contributed by atoms with E-state index in [1.165, 1.54) is 12.1 Å². The molecular weight excluding hydrogens is 234 g/mol. The van der Waals surface area contributed by atoms with Gasteiger partial charge in [0.05, 0.1) is 4.90 Å². The van der Waals surface area contributed by atoms with E-state index in [9.17, 15) is 12.6 Å². The molecule has 0 unspecified atom stereocenters. The van der Waals surface area contributed by atoms with Crippen molar-refractivity contribution in [1.82, 2.24) is 0 Å². The van der Waals surface area contributed by atoms with Crippen LogP contribution < -0.4 is 0 Å². The zero-order valence-corrected chi connectivity index (χ0v) is 8.64. The molecule has 1 aromatic rings. The van der Waals surface area contributed by atoms with Crippen LogP contribution in [0.15, 0.2) is 39.0 Å². The van der Waals surface area contributed by atoms with Gasteiger partial charge in [0.25, 0.3) is 10.0 Å². The van der Waals surface area contributed by atoms with Gasteiger partial charge in [-0.1, -0.05) is 28.0 Å². The molecule has 72 valence electrons. The van der Waals surface area contributed by atoms with Gasteiger partial charge < -0.3 is 4.21 Å². The normalized spacial score (nSPS) is 14.2. The quantitative estimate of drug-likeness (QED) is 0.582. The number of rotatable bonds is 2. The van der Waals surface area contributed by atoms with Crippen molar-refractivity contribution in [3.05, 3.63) is 30.3 Å². The number of halogens is 1. The largest absolute Gasteiger partial charge is 0.428 e. The van der Waals surface area contributed by atoms with E-state index in [4.69, 9.17) is 10.7 Å². The van der Waals surface area contributed by atoms with E-state index in [2.05, 4.69) is 3.77 Å². The fourth-order valence-electron chi connectivity index (χ4n) is 0.713. The predicted molar refractivity (Wildman–Crippen MR) is 50.0 cm³/mol. The highest BCUT2D eigenvalue weighted by molar-refractivity contribution is 8.06. The first kappa shape index (κ1) is 10.5. The van der Waals surface area contributed by atoms with Crippen molar-refractivity contribution in [3.63, 3.8) is 0 Å². The van der Waals surface area contributed by atoms with Crippen LogP contribution in [0.4, 0.5) is 0 Å². The Morgan fingerprint density at radius 2 is 1.77 bits per heavy atom. The Balaban J connectivity index is 3.25. The van der Waals surface area contributed by atoms with Gasteiger partial charge in [-0.05, 0) is 12.1 Å². The standard InChI is InChI=1S/C6H5ClNO3S2/c7-12(9)8-13(10,11)6-4-2-1-3-5-6/h1-5H/q-1. The van der Waals surface area contributed by atoms with Crippen molar-refractivity contribution < 1.29 is 12.6 Å². The summed E-state index contributed by atoms with van der Waals surface area (Å²) < 4.78 is 35.6. The SMILES string of the molecule is O=[S-](Cl)=NS(=O)(=O)c1ccccc1. The molecule has 0 aliphatic carbocycles. The summed E-state index contributed by atoms with van der Waals surface area (Å²) in [5.41, 5.74) is 0. The van der Waals surface area contributed by atoms with Gasteiger partial charge in [-0.25, -0.2) is 19.1 Å². The van der Waals surface area contributed by atoms with Crippen LogP contribution in [0, 0.1) is 0 Å². The van der Waals surface area contributed by atoms with E-state index in [0.29, 0.717) is 0 Å². The van der Waals surface area contributed by atoms with E-state index < -0.39 is 19.8 Å². The minimum Gasteiger partial charge on any atom is -0.428 e. The Morgan fingerprint density at radius 3 is 2.23 bits per heavy atom. The Bertz CT molecular complexity index is 462. The molecule has 0 heterocycles. The molecule has 0 spiro atoms. The maximum absolute atomic E-state index is 11.2.